The van der Waals surface area contributed by atoms with E-state index in [0.29, 0.717) is 18.0 Å². The Labute approximate surface area is 140 Å². The van der Waals surface area contributed by atoms with E-state index >= 15 is 0 Å². The standard InChI is InChI=1S/C15H22N2O4S2/c1-16-14(19)12-8-11(9-22-12)23(20,21)17-7-3-6-15(10-17)5-2-4-13(15)18/h8-9,13,18H,2-7,10H2,1H3,(H,16,19)/t13-,15-/m1/s1. The number of rotatable bonds is 3. The number of sulfonamides is 1. The first-order valence-corrected chi connectivity index (χ1v) is 10.2. The van der Waals surface area contributed by atoms with Gasteiger partial charge in [-0.3, -0.25) is 4.79 Å². The minimum absolute atomic E-state index is 0.172. The first-order chi connectivity index (χ1) is 10.9. The van der Waals surface area contributed by atoms with Gasteiger partial charge in [-0.25, -0.2) is 8.42 Å². The lowest BCUT2D eigenvalue weighted by Gasteiger charge is -2.41. The highest BCUT2D eigenvalue weighted by molar-refractivity contribution is 7.89. The zero-order chi connectivity index (χ0) is 16.7. The number of aliphatic hydroxyl groups excluding tert-OH is 1. The van der Waals surface area contributed by atoms with E-state index in [4.69, 9.17) is 0 Å². The number of hydrogen-bond donors (Lipinski definition) is 2. The van der Waals surface area contributed by atoms with E-state index in [0.717, 1.165) is 43.4 Å². The third-order valence-electron chi connectivity index (χ3n) is 5.10. The maximum absolute atomic E-state index is 12.9. The summed E-state index contributed by atoms with van der Waals surface area (Å²) in [5, 5.41) is 14.3. The van der Waals surface area contributed by atoms with E-state index in [9.17, 15) is 18.3 Å². The molecule has 1 aliphatic heterocycles. The Hall–Kier alpha value is -0.960. The quantitative estimate of drug-likeness (QED) is 0.856. The van der Waals surface area contributed by atoms with E-state index < -0.39 is 16.1 Å². The summed E-state index contributed by atoms with van der Waals surface area (Å²) in [4.78, 5) is 12.2. The predicted octanol–water partition coefficient (Wildman–Crippen LogP) is 1.42. The fourth-order valence-electron chi connectivity index (χ4n) is 3.76. The zero-order valence-corrected chi connectivity index (χ0v) is 14.8. The average Bonchev–Trinajstić information content (AvgIpc) is 3.16. The molecule has 1 amide bonds. The molecule has 23 heavy (non-hydrogen) atoms. The maximum Gasteiger partial charge on any atom is 0.261 e. The van der Waals surface area contributed by atoms with Crippen LogP contribution in [0.1, 0.15) is 41.8 Å². The summed E-state index contributed by atoms with van der Waals surface area (Å²) in [6.07, 6.45) is 3.83. The lowest BCUT2D eigenvalue weighted by Crippen LogP contribution is -2.49. The van der Waals surface area contributed by atoms with Gasteiger partial charge in [-0.05, 0) is 31.7 Å². The second kappa shape index (κ2) is 6.16. The average molecular weight is 358 g/mol. The van der Waals surface area contributed by atoms with Crippen LogP contribution in [0.5, 0.6) is 0 Å². The minimum atomic E-state index is -3.62. The fourth-order valence-corrected chi connectivity index (χ4v) is 6.55. The smallest absolute Gasteiger partial charge is 0.261 e. The van der Waals surface area contributed by atoms with Crippen molar-refractivity contribution in [2.45, 2.75) is 43.1 Å². The fraction of sp³-hybridized carbons (Fsp3) is 0.667. The molecule has 2 aliphatic rings. The van der Waals surface area contributed by atoms with Crippen molar-refractivity contribution in [2.75, 3.05) is 20.1 Å². The van der Waals surface area contributed by atoms with Crippen molar-refractivity contribution in [3.63, 3.8) is 0 Å². The van der Waals surface area contributed by atoms with Gasteiger partial charge in [0.05, 0.1) is 15.9 Å². The molecule has 1 saturated carbocycles. The predicted molar refractivity (Wildman–Crippen MR) is 88.0 cm³/mol. The summed E-state index contributed by atoms with van der Waals surface area (Å²) in [6.45, 7) is 0.851. The van der Waals surface area contributed by atoms with Crippen molar-refractivity contribution in [1.82, 2.24) is 9.62 Å². The van der Waals surface area contributed by atoms with Crippen molar-refractivity contribution < 1.29 is 18.3 Å². The summed E-state index contributed by atoms with van der Waals surface area (Å²) in [7, 11) is -2.10. The van der Waals surface area contributed by atoms with E-state index in [-0.39, 0.29) is 16.2 Å². The molecule has 2 heterocycles. The zero-order valence-electron chi connectivity index (χ0n) is 13.1. The van der Waals surface area contributed by atoms with Crippen LogP contribution in [-0.2, 0) is 10.0 Å². The molecule has 2 atom stereocenters. The second-order valence-electron chi connectivity index (χ2n) is 6.44. The van der Waals surface area contributed by atoms with Gasteiger partial charge in [-0.1, -0.05) is 6.42 Å². The highest BCUT2D eigenvalue weighted by Crippen LogP contribution is 2.46. The van der Waals surface area contributed by atoms with Crippen LogP contribution in [0.3, 0.4) is 0 Å². The van der Waals surface area contributed by atoms with Crippen molar-refractivity contribution in [3.05, 3.63) is 16.3 Å². The lowest BCUT2D eigenvalue weighted by atomic mass is 9.77. The third-order valence-corrected chi connectivity index (χ3v) is 8.00. The number of nitrogens with one attached hydrogen (secondary N) is 1. The van der Waals surface area contributed by atoms with Gasteiger partial charge in [0.15, 0.2) is 0 Å². The Kier molecular flexibility index (Phi) is 4.52. The van der Waals surface area contributed by atoms with Crippen LogP contribution in [0.25, 0.3) is 0 Å². The Bertz CT molecular complexity index is 700. The van der Waals surface area contributed by atoms with E-state index in [2.05, 4.69) is 5.32 Å². The topological polar surface area (TPSA) is 86.7 Å². The van der Waals surface area contributed by atoms with Gasteiger partial charge in [-0.2, -0.15) is 4.31 Å². The van der Waals surface area contributed by atoms with Crippen LogP contribution in [-0.4, -0.2) is 50.0 Å². The first-order valence-electron chi connectivity index (χ1n) is 7.88. The van der Waals surface area contributed by atoms with E-state index in [1.54, 1.807) is 0 Å². The van der Waals surface area contributed by atoms with Crippen LogP contribution in [0.15, 0.2) is 16.3 Å². The van der Waals surface area contributed by atoms with Gasteiger partial charge in [-0.15, -0.1) is 11.3 Å². The first kappa shape index (κ1) is 16.9. The molecule has 3 rings (SSSR count). The van der Waals surface area contributed by atoms with Gasteiger partial charge in [0, 0.05) is 30.9 Å². The Morgan fingerprint density at radius 1 is 1.43 bits per heavy atom. The molecule has 1 spiro atoms. The number of carbonyl (C=O) groups is 1. The number of piperidine rings is 1. The molecule has 0 aromatic carbocycles. The number of hydrogen-bond acceptors (Lipinski definition) is 5. The SMILES string of the molecule is CNC(=O)c1cc(S(=O)(=O)N2CCC[C@]3(CCC[C@H]3O)C2)cs1. The van der Waals surface area contributed by atoms with Gasteiger partial charge < -0.3 is 10.4 Å². The Morgan fingerprint density at radius 3 is 2.83 bits per heavy atom. The Morgan fingerprint density at radius 2 is 2.17 bits per heavy atom. The van der Waals surface area contributed by atoms with Gasteiger partial charge in [0.2, 0.25) is 10.0 Å². The molecule has 0 radical (unpaired) electrons. The molecule has 2 N–H and O–H groups in total. The molecule has 128 valence electrons. The molecular formula is C15H22N2O4S2. The molecule has 0 unspecified atom stereocenters. The van der Waals surface area contributed by atoms with Crippen molar-refractivity contribution >= 4 is 27.3 Å². The highest BCUT2D eigenvalue weighted by Gasteiger charge is 2.47. The number of amides is 1. The summed E-state index contributed by atoms with van der Waals surface area (Å²) < 4.78 is 27.2. The highest BCUT2D eigenvalue weighted by atomic mass is 32.2. The maximum atomic E-state index is 12.9. The molecule has 1 aliphatic carbocycles. The molecule has 6 nitrogen and oxygen atoms in total. The number of nitrogens with zero attached hydrogens (tertiary/aromatic N) is 1. The monoisotopic (exact) mass is 358 g/mol. The molecule has 1 aromatic heterocycles. The van der Waals surface area contributed by atoms with Crippen LogP contribution < -0.4 is 5.32 Å². The van der Waals surface area contributed by atoms with Crippen molar-refractivity contribution in [3.8, 4) is 0 Å². The second-order valence-corrected chi connectivity index (χ2v) is 9.29. The van der Waals surface area contributed by atoms with Crippen LogP contribution in [0, 0.1) is 5.41 Å². The summed E-state index contributed by atoms with van der Waals surface area (Å²) in [5.74, 6) is -0.280. The molecule has 0 bridgehead atoms. The third kappa shape index (κ3) is 2.93. The summed E-state index contributed by atoms with van der Waals surface area (Å²) in [6, 6.07) is 1.44. The summed E-state index contributed by atoms with van der Waals surface area (Å²) >= 11 is 1.13. The van der Waals surface area contributed by atoms with Crippen LogP contribution in [0.2, 0.25) is 0 Å². The normalized spacial score (nSPS) is 29.0. The molecule has 2 fully saturated rings. The Balaban J connectivity index is 1.84. The van der Waals surface area contributed by atoms with Gasteiger partial charge in [0.1, 0.15) is 0 Å². The summed E-state index contributed by atoms with van der Waals surface area (Å²) in [5.41, 5.74) is -0.287. The largest absolute Gasteiger partial charge is 0.392 e. The van der Waals surface area contributed by atoms with Crippen LogP contribution in [0.4, 0.5) is 0 Å². The van der Waals surface area contributed by atoms with Gasteiger partial charge >= 0.3 is 0 Å². The van der Waals surface area contributed by atoms with Crippen LogP contribution >= 0.6 is 11.3 Å². The van der Waals surface area contributed by atoms with E-state index in [1.165, 1.54) is 22.8 Å². The molecule has 1 saturated heterocycles. The molecule has 1 aromatic rings. The number of carbonyl (C=O) groups excluding carboxylic acids is 1. The number of aliphatic hydroxyl groups is 1. The molecule has 8 heteroatoms. The van der Waals surface area contributed by atoms with Gasteiger partial charge in [0.25, 0.3) is 5.91 Å². The molecular weight excluding hydrogens is 336 g/mol. The van der Waals surface area contributed by atoms with Crippen molar-refractivity contribution in [2.24, 2.45) is 5.41 Å². The van der Waals surface area contributed by atoms with Crippen molar-refractivity contribution in [1.29, 1.82) is 0 Å². The number of thiophene rings is 1. The minimum Gasteiger partial charge on any atom is -0.392 e. The van der Waals surface area contributed by atoms with E-state index in [1.807, 2.05) is 0 Å². The lowest BCUT2D eigenvalue weighted by molar-refractivity contribution is 0.0127.